The van der Waals surface area contributed by atoms with Gasteiger partial charge < -0.3 is 10.6 Å². The Balaban J connectivity index is 1.95. The number of hydrogen-bond donors (Lipinski definition) is 1. The van der Waals surface area contributed by atoms with Crippen LogP contribution in [-0.4, -0.2) is 17.1 Å². The molecule has 5 nitrogen and oxygen atoms in total. The molecule has 1 atom stereocenters. The average Bonchev–Trinajstić information content (AvgIpc) is 2.99. The highest BCUT2D eigenvalue weighted by Gasteiger charge is 2.36. The molecule has 2 heterocycles. The molecule has 1 unspecified atom stereocenters. The fourth-order valence-electron chi connectivity index (χ4n) is 5.58. The zero-order valence-electron chi connectivity index (χ0n) is 20.0. The number of aromatic nitrogens is 1. The number of halogens is 1. The van der Waals surface area contributed by atoms with Crippen molar-refractivity contribution in [2.24, 2.45) is 0 Å². The van der Waals surface area contributed by atoms with Gasteiger partial charge in [-0.15, -0.1) is 0 Å². The molecule has 2 N–H and O–H groups in total. The molecular formula is C27H28FN5. The lowest BCUT2D eigenvalue weighted by molar-refractivity contribution is 0.380. The van der Waals surface area contributed by atoms with Gasteiger partial charge in [-0.3, -0.25) is 0 Å². The maximum absolute atomic E-state index is 15.5. The number of nitrogen functional groups attached to an aromatic ring is 1. The standard InChI is InChI=1S/C27H28FN5/c1-7-33-23-10-22(28)17(8-18(23)14(2)11-27(33,5)6)9-19-15(3)20(12-29)25-24(19)16(4)21(13-30)26(31)32-25/h8-10,14H,7,11H2,1-6H3,(H2,31,32)/b19-9+. The van der Waals surface area contributed by atoms with Crippen LogP contribution >= 0.6 is 0 Å². The third-order valence-corrected chi connectivity index (χ3v) is 7.10. The summed E-state index contributed by atoms with van der Waals surface area (Å²) in [6.45, 7) is 13.1. The first-order chi connectivity index (χ1) is 15.5. The molecule has 6 heteroatoms. The smallest absolute Gasteiger partial charge is 0.142 e. The SMILES string of the molecule is CCN1c2cc(F)c(/C=C3\C(C)=C(C#N)c4nc(N)c(C#N)c(C)c43)cc2C(C)CC1(C)C. The van der Waals surface area contributed by atoms with Crippen molar-refractivity contribution in [2.75, 3.05) is 17.2 Å². The van der Waals surface area contributed by atoms with Gasteiger partial charge in [0.1, 0.15) is 23.8 Å². The Morgan fingerprint density at radius 1 is 1.27 bits per heavy atom. The molecule has 168 valence electrons. The Hall–Kier alpha value is -3.64. The van der Waals surface area contributed by atoms with E-state index in [0.29, 0.717) is 39.1 Å². The number of pyridine rings is 1. The van der Waals surface area contributed by atoms with Crippen molar-refractivity contribution in [3.8, 4) is 12.1 Å². The highest BCUT2D eigenvalue weighted by molar-refractivity contribution is 6.08. The normalized spacial score (nSPS) is 19.8. The molecule has 1 aliphatic heterocycles. The summed E-state index contributed by atoms with van der Waals surface area (Å²) >= 11 is 0. The van der Waals surface area contributed by atoms with Crippen LogP contribution < -0.4 is 10.6 Å². The second-order valence-corrected chi connectivity index (χ2v) is 9.60. The van der Waals surface area contributed by atoms with Gasteiger partial charge in [0.25, 0.3) is 0 Å². The third kappa shape index (κ3) is 3.29. The Morgan fingerprint density at radius 3 is 2.58 bits per heavy atom. The van der Waals surface area contributed by atoms with Gasteiger partial charge >= 0.3 is 0 Å². The average molecular weight is 442 g/mol. The highest BCUT2D eigenvalue weighted by Crippen LogP contribution is 2.47. The molecule has 0 amide bonds. The summed E-state index contributed by atoms with van der Waals surface area (Å²) in [6, 6.07) is 7.89. The summed E-state index contributed by atoms with van der Waals surface area (Å²) in [5.74, 6) is 0.0728. The quantitative estimate of drug-likeness (QED) is 0.622. The topological polar surface area (TPSA) is 89.7 Å². The number of benzene rings is 1. The van der Waals surface area contributed by atoms with Gasteiger partial charge in [-0.25, -0.2) is 9.37 Å². The van der Waals surface area contributed by atoms with Crippen molar-refractivity contribution >= 4 is 28.7 Å². The van der Waals surface area contributed by atoms with Crippen LogP contribution in [0.3, 0.4) is 0 Å². The van der Waals surface area contributed by atoms with Crippen molar-refractivity contribution in [2.45, 2.75) is 59.4 Å². The van der Waals surface area contributed by atoms with E-state index in [0.717, 1.165) is 24.2 Å². The minimum atomic E-state index is -0.314. The summed E-state index contributed by atoms with van der Waals surface area (Å²) < 4.78 is 15.5. The number of hydrogen-bond acceptors (Lipinski definition) is 5. The molecule has 33 heavy (non-hydrogen) atoms. The van der Waals surface area contributed by atoms with Gasteiger partial charge in [0.05, 0.1) is 16.8 Å². The second-order valence-electron chi connectivity index (χ2n) is 9.60. The number of anilines is 2. The predicted molar refractivity (Wildman–Crippen MR) is 131 cm³/mol. The molecule has 0 fully saturated rings. The summed E-state index contributed by atoms with van der Waals surface area (Å²) in [5, 5.41) is 19.3. The van der Waals surface area contributed by atoms with Gasteiger partial charge in [0, 0.05) is 28.9 Å². The molecule has 1 aliphatic carbocycles. The van der Waals surface area contributed by atoms with Gasteiger partial charge in [-0.05, 0) is 87.4 Å². The van der Waals surface area contributed by atoms with E-state index in [-0.39, 0.29) is 28.7 Å². The maximum atomic E-state index is 15.5. The highest BCUT2D eigenvalue weighted by atomic mass is 19.1. The monoisotopic (exact) mass is 441 g/mol. The molecule has 0 saturated carbocycles. The molecule has 1 aromatic carbocycles. The summed E-state index contributed by atoms with van der Waals surface area (Å²) in [4.78, 5) is 6.62. The number of allylic oxidation sites excluding steroid dienone is 3. The van der Waals surface area contributed by atoms with E-state index in [1.807, 2.05) is 13.0 Å². The van der Waals surface area contributed by atoms with Gasteiger partial charge in [-0.1, -0.05) is 6.92 Å². The van der Waals surface area contributed by atoms with E-state index >= 15 is 4.39 Å². The number of fused-ring (bicyclic) bond motifs is 2. The zero-order valence-corrected chi connectivity index (χ0v) is 20.0. The fraction of sp³-hybridized carbons (Fsp3) is 0.370. The summed E-state index contributed by atoms with van der Waals surface area (Å²) in [5.41, 5.74) is 12.3. The van der Waals surface area contributed by atoms with Gasteiger partial charge in [0.2, 0.25) is 0 Å². The van der Waals surface area contributed by atoms with Crippen molar-refractivity contribution in [1.29, 1.82) is 10.5 Å². The van der Waals surface area contributed by atoms with E-state index in [2.05, 4.69) is 49.7 Å². The van der Waals surface area contributed by atoms with E-state index in [9.17, 15) is 10.5 Å². The molecule has 2 aliphatic rings. The molecule has 0 saturated heterocycles. The van der Waals surface area contributed by atoms with Crippen LogP contribution in [0.2, 0.25) is 0 Å². The second kappa shape index (κ2) is 7.74. The van der Waals surface area contributed by atoms with E-state index in [1.54, 1.807) is 19.1 Å². The van der Waals surface area contributed by atoms with Gasteiger partial charge in [-0.2, -0.15) is 10.5 Å². The van der Waals surface area contributed by atoms with Crippen LogP contribution in [0.1, 0.15) is 80.5 Å². The molecule has 0 bridgehead atoms. The minimum absolute atomic E-state index is 0.0462. The summed E-state index contributed by atoms with van der Waals surface area (Å²) in [7, 11) is 0. The van der Waals surface area contributed by atoms with E-state index < -0.39 is 0 Å². The first-order valence-electron chi connectivity index (χ1n) is 11.2. The third-order valence-electron chi connectivity index (χ3n) is 7.10. The number of nitrogens with two attached hydrogens (primary N) is 1. The fourth-order valence-corrected chi connectivity index (χ4v) is 5.58. The van der Waals surface area contributed by atoms with E-state index in [4.69, 9.17) is 5.73 Å². The van der Waals surface area contributed by atoms with E-state index in [1.165, 1.54) is 0 Å². The number of nitrogens with zero attached hydrogens (tertiary/aromatic N) is 4. The molecular weight excluding hydrogens is 413 g/mol. The molecule has 2 aromatic rings. The van der Waals surface area contributed by atoms with Gasteiger partial charge in [0.15, 0.2) is 0 Å². The Kier molecular flexibility index (Phi) is 5.29. The molecule has 1 aromatic heterocycles. The van der Waals surface area contributed by atoms with Crippen LogP contribution in [0.15, 0.2) is 17.7 Å². The molecule has 0 radical (unpaired) electrons. The number of rotatable bonds is 2. The molecule has 0 spiro atoms. The van der Waals surface area contributed by atoms with Crippen LogP contribution in [0.25, 0.3) is 17.2 Å². The minimum Gasteiger partial charge on any atom is -0.383 e. The Morgan fingerprint density at radius 2 is 1.97 bits per heavy atom. The molecule has 4 rings (SSSR count). The lowest BCUT2D eigenvalue weighted by Gasteiger charge is -2.47. The maximum Gasteiger partial charge on any atom is 0.142 e. The van der Waals surface area contributed by atoms with Crippen molar-refractivity contribution < 1.29 is 4.39 Å². The Bertz CT molecular complexity index is 1330. The predicted octanol–water partition coefficient (Wildman–Crippen LogP) is 5.95. The first-order valence-corrected chi connectivity index (χ1v) is 11.2. The number of nitriles is 2. The van der Waals surface area contributed by atoms with Crippen LogP contribution in [0.4, 0.5) is 15.9 Å². The Labute approximate surface area is 194 Å². The lowest BCUT2D eigenvalue weighted by Crippen LogP contribution is -2.48. The largest absolute Gasteiger partial charge is 0.383 e. The van der Waals surface area contributed by atoms with Crippen LogP contribution in [-0.2, 0) is 0 Å². The van der Waals surface area contributed by atoms with Crippen molar-refractivity contribution in [1.82, 2.24) is 4.98 Å². The zero-order chi connectivity index (χ0) is 24.2. The van der Waals surface area contributed by atoms with Crippen LogP contribution in [0, 0.1) is 35.4 Å². The van der Waals surface area contributed by atoms with Crippen LogP contribution in [0.5, 0.6) is 0 Å². The van der Waals surface area contributed by atoms with Crippen molar-refractivity contribution in [3.05, 3.63) is 57.0 Å². The summed E-state index contributed by atoms with van der Waals surface area (Å²) in [6.07, 6.45) is 2.76. The lowest BCUT2D eigenvalue weighted by atomic mass is 9.79. The first kappa shape index (κ1) is 22.6. The van der Waals surface area contributed by atoms with Crippen molar-refractivity contribution in [3.63, 3.8) is 0 Å².